The fourth-order valence-corrected chi connectivity index (χ4v) is 1.55. The van der Waals surface area contributed by atoms with Crippen LogP contribution in [0.4, 0.5) is 0 Å². The van der Waals surface area contributed by atoms with E-state index in [2.05, 4.69) is 38.8 Å². The fourth-order valence-electron chi connectivity index (χ4n) is 1.55. The molecule has 0 aromatic heterocycles. The first-order chi connectivity index (χ1) is 6.04. The fraction of sp³-hybridized carbons (Fsp3) is 0.818. The lowest BCUT2D eigenvalue weighted by atomic mass is 10.1. The van der Waals surface area contributed by atoms with E-state index in [1.54, 1.807) is 0 Å². The average molecular weight is 184 g/mol. The highest BCUT2D eigenvalue weighted by atomic mass is 15.2. The molecule has 2 unspecified atom stereocenters. The maximum Gasteiger partial charge on any atom is 0.0448 e. The number of hydrogen-bond donors (Lipinski definition) is 1. The van der Waals surface area contributed by atoms with E-state index >= 15 is 0 Å². The molecule has 0 amide bonds. The summed E-state index contributed by atoms with van der Waals surface area (Å²) in [5.74, 6) is 0.594. The molecule has 0 bridgehead atoms. The number of nitrogens with zero attached hydrogens (tertiary/aromatic N) is 1. The first kappa shape index (κ1) is 12.5. The van der Waals surface area contributed by atoms with E-state index in [9.17, 15) is 0 Å². The first-order valence-corrected chi connectivity index (χ1v) is 5.24. The highest BCUT2D eigenvalue weighted by Crippen LogP contribution is 2.24. The SMILES string of the molecule is CC.CC(C)C1=CC(N)C(C)N1C. The summed E-state index contributed by atoms with van der Waals surface area (Å²) in [6.45, 7) is 10.6. The molecule has 2 N–H and O–H groups in total. The molecule has 1 rings (SSSR count). The molecule has 1 aliphatic rings. The summed E-state index contributed by atoms with van der Waals surface area (Å²) in [6, 6.07) is 0.685. The summed E-state index contributed by atoms with van der Waals surface area (Å²) in [7, 11) is 2.11. The summed E-state index contributed by atoms with van der Waals surface area (Å²) in [5.41, 5.74) is 7.26. The number of hydrogen-bond acceptors (Lipinski definition) is 2. The van der Waals surface area contributed by atoms with E-state index in [1.165, 1.54) is 5.70 Å². The molecule has 0 saturated heterocycles. The maximum atomic E-state index is 5.88. The Morgan fingerprint density at radius 1 is 1.38 bits per heavy atom. The minimum atomic E-state index is 0.220. The van der Waals surface area contributed by atoms with Crippen molar-refractivity contribution in [2.75, 3.05) is 7.05 Å². The van der Waals surface area contributed by atoms with Crippen LogP contribution in [0.3, 0.4) is 0 Å². The molecule has 1 aliphatic heterocycles. The Bertz CT molecular complexity index is 173. The number of nitrogens with two attached hydrogens (primary N) is 1. The molecule has 0 spiro atoms. The molecule has 2 heteroatoms. The lowest BCUT2D eigenvalue weighted by Gasteiger charge is -2.25. The Morgan fingerprint density at radius 2 is 1.85 bits per heavy atom. The molecule has 1 heterocycles. The van der Waals surface area contributed by atoms with Gasteiger partial charge in [-0.2, -0.15) is 0 Å². The van der Waals surface area contributed by atoms with Gasteiger partial charge in [0.15, 0.2) is 0 Å². The molecule has 0 saturated carbocycles. The van der Waals surface area contributed by atoms with Gasteiger partial charge in [0.2, 0.25) is 0 Å². The van der Waals surface area contributed by atoms with Crippen molar-refractivity contribution in [3.63, 3.8) is 0 Å². The van der Waals surface area contributed by atoms with Crippen molar-refractivity contribution in [1.29, 1.82) is 0 Å². The van der Waals surface area contributed by atoms with Crippen molar-refractivity contribution < 1.29 is 0 Å². The number of rotatable bonds is 1. The third-order valence-electron chi connectivity index (χ3n) is 2.53. The van der Waals surface area contributed by atoms with Gasteiger partial charge in [-0.3, -0.25) is 0 Å². The standard InChI is InChI=1S/C9H18N2.C2H6/c1-6(2)9-5-8(10)7(3)11(9)4;1-2/h5-8H,10H2,1-4H3;1-2H3. The van der Waals surface area contributed by atoms with Crippen molar-refractivity contribution in [1.82, 2.24) is 4.90 Å². The van der Waals surface area contributed by atoms with Gasteiger partial charge in [-0.15, -0.1) is 0 Å². The monoisotopic (exact) mass is 184 g/mol. The van der Waals surface area contributed by atoms with E-state index in [0.29, 0.717) is 12.0 Å². The van der Waals surface area contributed by atoms with Crippen LogP contribution in [0.1, 0.15) is 34.6 Å². The highest BCUT2D eigenvalue weighted by Gasteiger charge is 2.26. The molecule has 2 nitrogen and oxygen atoms in total. The van der Waals surface area contributed by atoms with Gasteiger partial charge >= 0.3 is 0 Å². The molecule has 13 heavy (non-hydrogen) atoms. The highest BCUT2D eigenvalue weighted by molar-refractivity contribution is 5.17. The van der Waals surface area contributed by atoms with E-state index in [0.717, 1.165) is 0 Å². The van der Waals surface area contributed by atoms with Crippen molar-refractivity contribution >= 4 is 0 Å². The van der Waals surface area contributed by atoms with Crippen LogP contribution in [0.2, 0.25) is 0 Å². The van der Waals surface area contributed by atoms with Crippen molar-refractivity contribution in [3.05, 3.63) is 11.8 Å². The Labute approximate surface area is 82.8 Å². The van der Waals surface area contributed by atoms with Gasteiger partial charge in [-0.05, 0) is 18.9 Å². The summed E-state index contributed by atoms with van der Waals surface area (Å²) < 4.78 is 0. The van der Waals surface area contributed by atoms with Crippen molar-refractivity contribution in [3.8, 4) is 0 Å². The number of allylic oxidation sites excluding steroid dienone is 1. The maximum absolute atomic E-state index is 5.88. The molecule has 78 valence electrons. The average Bonchev–Trinajstić information content (AvgIpc) is 2.36. The zero-order valence-electron chi connectivity index (χ0n) is 9.83. The molecular weight excluding hydrogens is 160 g/mol. The second kappa shape index (κ2) is 5.28. The first-order valence-electron chi connectivity index (χ1n) is 5.24. The molecular formula is C11H24N2. The van der Waals surface area contributed by atoms with Gasteiger partial charge in [0.1, 0.15) is 0 Å². The smallest absolute Gasteiger partial charge is 0.0448 e. The minimum Gasteiger partial charge on any atom is -0.373 e. The second-order valence-electron chi connectivity index (χ2n) is 3.68. The summed E-state index contributed by atoms with van der Waals surface area (Å²) >= 11 is 0. The van der Waals surface area contributed by atoms with Gasteiger partial charge in [-0.25, -0.2) is 0 Å². The van der Waals surface area contributed by atoms with E-state index in [-0.39, 0.29) is 6.04 Å². The molecule has 2 atom stereocenters. The van der Waals surface area contributed by atoms with Crippen LogP contribution < -0.4 is 5.73 Å². The quantitative estimate of drug-likeness (QED) is 0.677. The van der Waals surface area contributed by atoms with Crippen LogP contribution in [0.15, 0.2) is 11.8 Å². The predicted octanol–water partition coefficient (Wildman–Crippen LogP) is 2.21. The van der Waals surface area contributed by atoms with Gasteiger partial charge in [0.05, 0.1) is 0 Å². The predicted molar refractivity (Wildman–Crippen MR) is 59.5 cm³/mol. The zero-order valence-corrected chi connectivity index (χ0v) is 9.83. The second-order valence-corrected chi connectivity index (χ2v) is 3.68. The lowest BCUT2D eigenvalue weighted by molar-refractivity contribution is 0.312. The van der Waals surface area contributed by atoms with Crippen molar-refractivity contribution in [2.24, 2.45) is 11.7 Å². The zero-order chi connectivity index (χ0) is 10.6. The molecule has 0 aliphatic carbocycles. The van der Waals surface area contributed by atoms with Gasteiger partial charge in [0.25, 0.3) is 0 Å². The lowest BCUT2D eigenvalue weighted by Crippen LogP contribution is -2.36. The number of likely N-dealkylation sites (N-methyl/N-ethyl adjacent to an activating group) is 1. The summed E-state index contributed by atoms with van der Waals surface area (Å²) in [4.78, 5) is 2.27. The van der Waals surface area contributed by atoms with Crippen LogP contribution in [-0.4, -0.2) is 24.0 Å². The van der Waals surface area contributed by atoms with Crippen LogP contribution >= 0.6 is 0 Å². The largest absolute Gasteiger partial charge is 0.373 e. The van der Waals surface area contributed by atoms with Crippen LogP contribution in [-0.2, 0) is 0 Å². The minimum absolute atomic E-state index is 0.220. The summed E-state index contributed by atoms with van der Waals surface area (Å²) in [6.07, 6.45) is 2.18. The van der Waals surface area contributed by atoms with Gasteiger partial charge < -0.3 is 10.6 Å². The Morgan fingerprint density at radius 3 is 2.00 bits per heavy atom. The van der Waals surface area contributed by atoms with Gasteiger partial charge in [-0.1, -0.05) is 27.7 Å². The van der Waals surface area contributed by atoms with Crippen molar-refractivity contribution in [2.45, 2.75) is 46.7 Å². The normalized spacial score (nSPS) is 27.1. The Kier molecular flexibility index (Phi) is 5.07. The Hall–Kier alpha value is -0.500. The molecule has 0 radical (unpaired) electrons. The summed E-state index contributed by atoms with van der Waals surface area (Å²) in [5, 5.41) is 0. The molecule has 0 fully saturated rings. The third kappa shape index (κ3) is 2.73. The van der Waals surface area contributed by atoms with Crippen LogP contribution in [0, 0.1) is 5.92 Å². The van der Waals surface area contributed by atoms with E-state index < -0.39 is 0 Å². The third-order valence-corrected chi connectivity index (χ3v) is 2.53. The molecule has 0 aromatic rings. The topological polar surface area (TPSA) is 29.3 Å². The van der Waals surface area contributed by atoms with Crippen LogP contribution in [0.25, 0.3) is 0 Å². The van der Waals surface area contributed by atoms with E-state index in [1.807, 2.05) is 13.8 Å². The van der Waals surface area contributed by atoms with Crippen LogP contribution in [0.5, 0.6) is 0 Å². The van der Waals surface area contributed by atoms with E-state index in [4.69, 9.17) is 5.73 Å². The van der Waals surface area contributed by atoms with Gasteiger partial charge in [0, 0.05) is 24.8 Å². The molecule has 0 aromatic carbocycles. The Balaban J connectivity index is 0.000000671.